The van der Waals surface area contributed by atoms with Crippen molar-refractivity contribution in [2.75, 3.05) is 19.8 Å². The van der Waals surface area contributed by atoms with Gasteiger partial charge in [0.1, 0.15) is 37.0 Å². The molecular formula is C36H63N6O39P9. The first-order chi connectivity index (χ1) is 40.5. The molecule has 6 rings (SSSR count). The molecule has 54 heteroatoms. The van der Waals surface area contributed by atoms with Gasteiger partial charge in [-0.3, -0.25) is 28.3 Å². The quantitative estimate of drug-likeness (QED) is 0.0609. The van der Waals surface area contributed by atoms with Gasteiger partial charge in [0, 0.05) is 53.4 Å². The van der Waals surface area contributed by atoms with Crippen molar-refractivity contribution in [2.24, 2.45) is 17.8 Å². The molecule has 0 aromatic carbocycles. The maximum Gasteiger partial charge on any atom is 0.490 e. The Bertz CT molecular complexity index is 2990. The molecule has 18 unspecified atom stereocenters. The second kappa shape index (κ2) is 30.1. The Morgan fingerprint density at radius 3 is 0.789 bits per heavy atom. The van der Waals surface area contributed by atoms with E-state index in [4.69, 9.17) is 58.3 Å². The Labute approximate surface area is 507 Å². The van der Waals surface area contributed by atoms with Crippen LogP contribution < -0.4 is 16.0 Å². The van der Waals surface area contributed by atoms with Crippen molar-refractivity contribution < 1.29 is 183 Å². The van der Waals surface area contributed by atoms with Crippen molar-refractivity contribution in [3.63, 3.8) is 0 Å². The summed E-state index contributed by atoms with van der Waals surface area (Å²) in [5, 5.41) is 38.4. The lowest BCUT2D eigenvalue weighted by molar-refractivity contribution is -0.0554. The van der Waals surface area contributed by atoms with Gasteiger partial charge in [0.05, 0.1) is 38.1 Å². The Morgan fingerprint density at radius 2 is 0.600 bits per heavy atom. The number of phosphoric ester groups is 3. The number of allylic oxidation sites excluding steroid dienone is 3. The van der Waals surface area contributed by atoms with E-state index in [9.17, 15) is 85.5 Å². The molecule has 0 radical (unpaired) electrons. The molecular weight excluding hydrogens is 1420 g/mol. The van der Waals surface area contributed by atoms with Crippen LogP contribution in [0.5, 0.6) is 0 Å². The third-order valence-electron chi connectivity index (χ3n) is 12.2. The highest BCUT2D eigenvalue weighted by atomic mass is 31.3. The van der Waals surface area contributed by atoms with Crippen LogP contribution in [0, 0.1) is 17.8 Å². The summed E-state index contributed by atoms with van der Waals surface area (Å²) in [5.74, 6) is -2.04. The van der Waals surface area contributed by atoms with E-state index in [1.165, 1.54) is 18.6 Å². The van der Waals surface area contributed by atoms with E-state index in [1.54, 1.807) is 41.5 Å². The number of hydrogen-bond acceptors (Lipinski definition) is 27. The van der Waals surface area contributed by atoms with E-state index >= 15 is 0 Å². The number of carbonyl (C=O) groups is 3. The number of urea groups is 3. The number of ether oxygens (including phenoxy) is 3. The predicted octanol–water partition coefficient (Wildman–Crippen LogP) is 1.48. The van der Waals surface area contributed by atoms with E-state index in [1.807, 2.05) is 0 Å². The van der Waals surface area contributed by atoms with Crippen LogP contribution in [-0.2, 0) is 94.7 Å². The number of aliphatic hydroxyl groups is 3. The largest absolute Gasteiger partial charge is 0.490 e. The average Bonchev–Trinajstić information content (AvgIpc) is 1.68. The van der Waals surface area contributed by atoms with E-state index in [2.05, 4.69) is 75.1 Å². The van der Waals surface area contributed by atoms with Crippen LogP contribution in [-0.4, -0.2) is 182 Å². The molecule has 3 fully saturated rings. The molecule has 45 nitrogen and oxygen atoms in total. The second-order valence-electron chi connectivity index (χ2n) is 19.3. The van der Waals surface area contributed by atoms with Crippen LogP contribution >= 0.6 is 70.4 Å². The molecule has 0 saturated carbocycles. The highest BCUT2D eigenvalue weighted by Crippen LogP contribution is 2.69. The molecule has 6 aliphatic rings. The van der Waals surface area contributed by atoms with Gasteiger partial charge in [-0.2, -0.15) is 25.9 Å². The lowest BCUT2D eigenvalue weighted by Gasteiger charge is -2.32. The van der Waals surface area contributed by atoms with E-state index in [0.717, 1.165) is 14.7 Å². The van der Waals surface area contributed by atoms with E-state index in [0.29, 0.717) is 33.8 Å². The predicted molar refractivity (Wildman–Crippen MR) is 291 cm³/mol. The van der Waals surface area contributed by atoms with Crippen molar-refractivity contribution in [2.45, 2.75) is 96.8 Å². The first-order valence-electron chi connectivity index (χ1n) is 24.3. The zero-order chi connectivity index (χ0) is 69.2. The summed E-state index contributed by atoms with van der Waals surface area (Å²) in [6, 6.07) is -1.74. The van der Waals surface area contributed by atoms with Crippen LogP contribution in [0.2, 0.25) is 0 Å². The molecule has 0 aromatic heterocycles. The molecule has 516 valence electrons. The Balaban J connectivity index is 0.000000288. The molecule has 6 heterocycles. The number of nitrogens with one attached hydrogen (secondary N) is 3. The normalized spacial score (nSPS) is 31.7. The fourth-order valence-corrected chi connectivity index (χ4v) is 17.0. The van der Waals surface area contributed by atoms with Gasteiger partial charge in [-0.05, 0) is 37.5 Å². The molecule has 18 N–H and O–H groups in total. The summed E-state index contributed by atoms with van der Waals surface area (Å²) in [4.78, 5) is 147. The third-order valence-corrected chi connectivity index (χ3v) is 23.6. The maximum atomic E-state index is 12.2. The van der Waals surface area contributed by atoms with Crippen molar-refractivity contribution >= 4 is 88.5 Å². The molecule has 90 heavy (non-hydrogen) atoms. The summed E-state index contributed by atoms with van der Waals surface area (Å²) in [5.41, 5.74) is 3.01. The van der Waals surface area contributed by atoms with Crippen LogP contribution in [0.15, 0.2) is 72.1 Å². The van der Waals surface area contributed by atoms with Gasteiger partial charge in [0.25, 0.3) is 0 Å². The standard InChI is InChI=1S/3C12H21N2O13P3/c3*1-6-4-14(12(16)13-8(6)3)11-7(2)10(15)9(25-11)5-24-29(20,21)27-30(22,23)26-28(17,18)19/h3*4,7,9-11,15H,3,5H2,1-2H3,(H,13,16)(H,20,21)(H,22,23)(H2,17,18,19). The van der Waals surface area contributed by atoms with Gasteiger partial charge in [-0.15, -0.1) is 0 Å². The van der Waals surface area contributed by atoms with Crippen LogP contribution in [0.1, 0.15) is 41.5 Å². The molecule has 6 aliphatic heterocycles. The summed E-state index contributed by atoms with van der Waals surface area (Å²) >= 11 is 0. The Hall–Kier alpha value is -2.76. The summed E-state index contributed by atoms with van der Waals surface area (Å²) in [6.45, 7) is 18.1. The summed E-state index contributed by atoms with van der Waals surface area (Å²) in [6.07, 6.45) is -6.27. The van der Waals surface area contributed by atoms with Gasteiger partial charge >= 0.3 is 88.5 Å². The highest BCUT2D eigenvalue weighted by molar-refractivity contribution is 7.67. The molecule has 0 spiro atoms. The number of carbonyl (C=O) groups excluding carboxylic acids is 3. The van der Waals surface area contributed by atoms with Gasteiger partial charge in [0.15, 0.2) is 0 Å². The third kappa shape index (κ3) is 23.9. The van der Waals surface area contributed by atoms with Crippen molar-refractivity contribution in [1.82, 2.24) is 30.7 Å². The van der Waals surface area contributed by atoms with Crippen LogP contribution in [0.3, 0.4) is 0 Å². The zero-order valence-corrected chi connectivity index (χ0v) is 54.8. The molecule has 0 bridgehead atoms. The molecule has 18 atom stereocenters. The van der Waals surface area contributed by atoms with E-state index in [-0.39, 0.29) is 0 Å². The van der Waals surface area contributed by atoms with Gasteiger partial charge in [0.2, 0.25) is 0 Å². The number of rotatable bonds is 24. The SMILES string of the molecule is C=C1NC(=O)N(C2OC(COP(=O)(O)OP(=O)(O)OP(=O)(O)O)C(O)C2C)C=C1C.C=C1NC(=O)N(C2OC(COP(=O)(O)OP(=O)(O)OP(=O)(O)O)C(O)C2C)C=C1C.C=C1NC(=O)N(C2OC(COP(=O)(O)OP(=O)(O)OP(=O)(O)O)C(O)C2C)C=C1C. The summed E-state index contributed by atoms with van der Waals surface area (Å²) in [7, 11) is -49.6. The fourth-order valence-electron chi connectivity index (χ4n) is 7.93. The molecule has 0 aromatic rings. The van der Waals surface area contributed by atoms with Crippen molar-refractivity contribution in [3.8, 4) is 0 Å². The topological polar surface area (TPSA) is 665 Å². The van der Waals surface area contributed by atoms with Crippen molar-refractivity contribution in [3.05, 3.63) is 72.1 Å². The maximum absolute atomic E-state index is 12.2. The minimum absolute atomic E-state index is 0.381. The van der Waals surface area contributed by atoms with Gasteiger partial charge < -0.3 is 104 Å². The lowest BCUT2D eigenvalue weighted by atomic mass is 10.0. The fraction of sp³-hybridized carbons (Fsp3) is 0.583. The summed E-state index contributed by atoms with van der Waals surface area (Å²) < 4.78 is 153. The Morgan fingerprint density at radius 1 is 0.400 bits per heavy atom. The smallest absolute Gasteiger partial charge is 0.390 e. The zero-order valence-electron chi connectivity index (χ0n) is 46.8. The monoisotopic (exact) mass is 1480 g/mol. The van der Waals surface area contributed by atoms with Gasteiger partial charge in [-0.25, -0.2) is 55.5 Å². The number of phosphoric acid groups is 9. The first-order valence-corrected chi connectivity index (χ1v) is 37.9. The van der Waals surface area contributed by atoms with Crippen LogP contribution in [0.25, 0.3) is 0 Å². The molecule has 3 saturated heterocycles. The Kier molecular flexibility index (Phi) is 26.7. The minimum atomic E-state index is -5.66. The minimum Gasteiger partial charge on any atom is -0.390 e. The highest BCUT2D eigenvalue weighted by Gasteiger charge is 2.51. The number of hydrogen-bond donors (Lipinski definition) is 18. The first kappa shape index (κ1) is 79.7. The van der Waals surface area contributed by atoms with Crippen molar-refractivity contribution in [1.29, 1.82) is 0 Å². The number of aliphatic hydroxyl groups excluding tert-OH is 3. The average molecular weight is 1480 g/mol. The van der Waals surface area contributed by atoms with E-state index < -0.39 is 181 Å². The van der Waals surface area contributed by atoms with Crippen LogP contribution in [0.4, 0.5) is 14.4 Å². The molecule has 0 aliphatic carbocycles. The number of amides is 6. The second-order valence-corrected chi connectivity index (χ2v) is 32.5. The molecule has 6 amide bonds. The number of nitrogens with zero attached hydrogens (tertiary/aromatic N) is 3. The lowest BCUT2D eigenvalue weighted by Crippen LogP contribution is -2.48. The van der Waals surface area contributed by atoms with Gasteiger partial charge in [-0.1, -0.05) is 40.5 Å².